The number of carbonyl (C=O) groups excluding carboxylic acids is 1. The van der Waals surface area contributed by atoms with Crippen molar-refractivity contribution in [2.75, 3.05) is 26.3 Å². The van der Waals surface area contributed by atoms with Crippen LogP contribution >= 0.6 is 11.3 Å². The summed E-state index contributed by atoms with van der Waals surface area (Å²) in [5, 5.41) is 4.20. The van der Waals surface area contributed by atoms with Gasteiger partial charge in [0.25, 0.3) is 5.91 Å². The average Bonchev–Trinajstić information content (AvgIpc) is 3.12. The van der Waals surface area contributed by atoms with E-state index in [9.17, 15) is 4.79 Å². The van der Waals surface area contributed by atoms with Crippen molar-refractivity contribution in [3.8, 4) is 0 Å². The standard InChI is InChI=1S/C21H22N2O2S/c24-21(20-13-16-5-3-4-8-19(16)26-20)22-14-17-6-1-2-7-18(17)15-23-9-11-25-12-10-23/h1-8,13H,9-12,14-15H2,(H,22,24). The zero-order valence-electron chi connectivity index (χ0n) is 14.6. The molecule has 3 aromatic rings. The van der Waals surface area contributed by atoms with E-state index in [1.807, 2.05) is 30.3 Å². The predicted octanol–water partition coefficient (Wildman–Crippen LogP) is 3.66. The summed E-state index contributed by atoms with van der Waals surface area (Å²) in [6, 6.07) is 18.4. The Morgan fingerprint density at radius 1 is 1.04 bits per heavy atom. The lowest BCUT2D eigenvalue weighted by molar-refractivity contribution is 0.0340. The van der Waals surface area contributed by atoms with Crippen LogP contribution in [0.1, 0.15) is 20.8 Å². The molecule has 0 radical (unpaired) electrons. The highest BCUT2D eigenvalue weighted by atomic mass is 32.1. The largest absolute Gasteiger partial charge is 0.379 e. The first-order valence-electron chi connectivity index (χ1n) is 8.93. The number of benzene rings is 2. The number of amides is 1. The average molecular weight is 366 g/mol. The van der Waals surface area contributed by atoms with Gasteiger partial charge in [0.1, 0.15) is 0 Å². The highest BCUT2D eigenvalue weighted by Gasteiger charge is 2.14. The topological polar surface area (TPSA) is 41.6 Å². The number of hydrogen-bond acceptors (Lipinski definition) is 4. The van der Waals surface area contributed by atoms with Crippen LogP contribution in [0, 0.1) is 0 Å². The molecule has 134 valence electrons. The van der Waals surface area contributed by atoms with Gasteiger partial charge in [-0.25, -0.2) is 0 Å². The molecule has 1 aliphatic rings. The number of hydrogen-bond donors (Lipinski definition) is 1. The lowest BCUT2D eigenvalue weighted by Crippen LogP contribution is -2.36. The molecule has 1 aromatic heterocycles. The van der Waals surface area contributed by atoms with Crippen LogP contribution in [0.2, 0.25) is 0 Å². The first kappa shape index (κ1) is 17.2. The van der Waals surface area contributed by atoms with E-state index in [-0.39, 0.29) is 5.91 Å². The van der Waals surface area contributed by atoms with Gasteiger partial charge in [0.15, 0.2) is 0 Å². The number of morpholine rings is 1. The molecule has 1 amide bonds. The monoisotopic (exact) mass is 366 g/mol. The van der Waals surface area contributed by atoms with Crippen LogP contribution in [-0.2, 0) is 17.8 Å². The summed E-state index contributed by atoms with van der Waals surface area (Å²) in [4.78, 5) is 15.7. The minimum Gasteiger partial charge on any atom is -0.379 e. The van der Waals surface area contributed by atoms with Gasteiger partial charge in [-0.1, -0.05) is 42.5 Å². The Hall–Kier alpha value is -2.21. The lowest BCUT2D eigenvalue weighted by atomic mass is 10.1. The quantitative estimate of drug-likeness (QED) is 0.749. The maximum atomic E-state index is 12.6. The predicted molar refractivity (Wildman–Crippen MR) is 106 cm³/mol. The number of ether oxygens (including phenoxy) is 1. The Labute approximate surface area is 157 Å². The molecule has 2 aromatic carbocycles. The van der Waals surface area contributed by atoms with E-state index in [0.29, 0.717) is 6.54 Å². The van der Waals surface area contributed by atoms with Crippen molar-refractivity contribution in [1.82, 2.24) is 10.2 Å². The van der Waals surface area contributed by atoms with Gasteiger partial charge >= 0.3 is 0 Å². The highest BCUT2D eigenvalue weighted by Crippen LogP contribution is 2.25. The van der Waals surface area contributed by atoms with E-state index in [2.05, 4.69) is 34.5 Å². The molecule has 0 spiro atoms. The first-order chi connectivity index (χ1) is 12.8. The molecule has 5 heteroatoms. The van der Waals surface area contributed by atoms with E-state index in [0.717, 1.165) is 47.8 Å². The third-order valence-corrected chi connectivity index (χ3v) is 5.82. The van der Waals surface area contributed by atoms with Crippen molar-refractivity contribution >= 4 is 27.3 Å². The van der Waals surface area contributed by atoms with Crippen LogP contribution in [-0.4, -0.2) is 37.1 Å². The van der Waals surface area contributed by atoms with E-state index in [1.54, 1.807) is 0 Å². The highest BCUT2D eigenvalue weighted by molar-refractivity contribution is 7.20. The Balaban J connectivity index is 1.43. The van der Waals surface area contributed by atoms with Crippen LogP contribution in [0.4, 0.5) is 0 Å². The molecular formula is C21H22N2O2S. The zero-order valence-corrected chi connectivity index (χ0v) is 15.4. The van der Waals surface area contributed by atoms with E-state index >= 15 is 0 Å². The van der Waals surface area contributed by atoms with Crippen LogP contribution in [0.3, 0.4) is 0 Å². The first-order valence-corrected chi connectivity index (χ1v) is 9.75. The van der Waals surface area contributed by atoms with Crippen LogP contribution in [0.5, 0.6) is 0 Å². The number of carbonyl (C=O) groups is 1. The molecule has 1 saturated heterocycles. The van der Waals surface area contributed by atoms with Crippen molar-refractivity contribution in [2.45, 2.75) is 13.1 Å². The van der Waals surface area contributed by atoms with Crippen LogP contribution in [0.25, 0.3) is 10.1 Å². The van der Waals surface area contributed by atoms with Crippen molar-refractivity contribution in [3.63, 3.8) is 0 Å². The lowest BCUT2D eigenvalue weighted by Gasteiger charge is -2.27. The third-order valence-electron chi connectivity index (χ3n) is 4.70. The summed E-state index contributed by atoms with van der Waals surface area (Å²) in [7, 11) is 0. The van der Waals surface area contributed by atoms with E-state index in [1.165, 1.54) is 22.5 Å². The number of nitrogens with zero attached hydrogens (tertiary/aromatic N) is 1. The number of nitrogens with one attached hydrogen (secondary N) is 1. The molecule has 4 rings (SSSR count). The fourth-order valence-corrected chi connectivity index (χ4v) is 4.22. The van der Waals surface area contributed by atoms with Gasteiger partial charge in [0.2, 0.25) is 0 Å². The smallest absolute Gasteiger partial charge is 0.261 e. The Bertz CT molecular complexity index is 867. The summed E-state index contributed by atoms with van der Waals surface area (Å²) in [6.07, 6.45) is 0. The Morgan fingerprint density at radius 2 is 1.77 bits per heavy atom. The van der Waals surface area contributed by atoms with E-state index < -0.39 is 0 Å². The summed E-state index contributed by atoms with van der Waals surface area (Å²) < 4.78 is 6.57. The number of thiophene rings is 1. The molecule has 0 saturated carbocycles. The number of fused-ring (bicyclic) bond motifs is 1. The minimum absolute atomic E-state index is 0.00706. The van der Waals surface area contributed by atoms with Gasteiger partial charge in [-0.3, -0.25) is 9.69 Å². The minimum atomic E-state index is -0.00706. The molecule has 0 unspecified atom stereocenters. The number of rotatable bonds is 5. The second-order valence-corrected chi connectivity index (χ2v) is 7.57. The molecule has 4 nitrogen and oxygen atoms in total. The summed E-state index contributed by atoms with van der Waals surface area (Å²) in [5.74, 6) is -0.00706. The summed E-state index contributed by atoms with van der Waals surface area (Å²) >= 11 is 1.54. The SMILES string of the molecule is O=C(NCc1ccccc1CN1CCOCC1)c1cc2ccccc2s1. The third kappa shape index (κ3) is 3.96. The van der Waals surface area contributed by atoms with Crippen molar-refractivity contribution in [3.05, 3.63) is 70.6 Å². The molecular weight excluding hydrogens is 344 g/mol. The van der Waals surface area contributed by atoms with Gasteiger partial charge in [0.05, 0.1) is 18.1 Å². The maximum absolute atomic E-state index is 12.6. The fourth-order valence-electron chi connectivity index (χ4n) is 3.24. The van der Waals surface area contributed by atoms with Crippen molar-refractivity contribution < 1.29 is 9.53 Å². The van der Waals surface area contributed by atoms with E-state index in [4.69, 9.17) is 4.74 Å². The van der Waals surface area contributed by atoms with Crippen molar-refractivity contribution in [2.24, 2.45) is 0 Å². The van der Waals surface area contributed by atoms with Crippen molar-refractivity contribution in [1.29, 1.82) is 0 Å². The van der Waals surface area contributed by atoms with Crippen LogP contribution < -0.4 is 5.32 Å². The Morgan fingerprint density at radius 3 is 2.58 bits per heavy atom. The second kappa shape index (κ2) is 7.99. The van der Waals surface area contributed by atoms with Gasteiger partial charge in [-0.2, -0.15) is 0 Å². The molecule has 1 N–H and O–H groups in total. The molecule has 1 fully saturated rings. The fraction of sp³-hybridized carbons (Fsp3) is 0.286. The van der Waals surface area contributed by atoms with Crippen LogP contribution in [0.15, 0.2) is 54.6 Å². The molecule has 1 aliphatic heterocycles. The second-order valence-electron chi connectivity index (χ2n) is 6.49. The zero-order chi connectivity index (χ0) is 17.8. The molecule has 2 heterocycles. The van der Waals surface area contributed by atoms with Gasteiger partial charge in [-0.05, 0) is 28.6 Å². The van der Waals surface area contributed by atoms with Gasteiger partial charge < -0.3 is 10.1 Å². The summed E-state index contributed by atoms with van der Waals surface area (Å²) in [6.45, 7) is 4.96. The molecule has 0 bridgehead atoms. The molecule has 0 atom stereocenters. The maximum Gasteiger partial charge on any atom is 0.261 e. The normalized spacial score (nSPS) is 15.2. The van der Waals surface area contributed by atoms with Gasteiger partial charge in [-0.15, -0.1) is 11.3 Å². The molecule has 26 heavy (non-hydrogen) atoms. The molecule has 0 aliphatic carbocycles. The van der Waals surface area contributed by atoms with Gasteiger partial charge in [0, 0.05) is 30.9 Å². The summed E-state index contributed by atoms with van der Waals surface area (Å²) in [5.41, 5.74) is 2.44. The Kier molecular flexibility index (Phi) is 5.29.